The van der Waals surface area contributed by atoms with Gasteiger partial charge < -0.3 is 25.3 Å². The average Bonchev–Trinajstić information content (AvgIpc) is 3.28. The van der Waals surface area contributed by atoms with E-state index in [1.807, 2.05) is 0 Å². The standard InChI is InChI=1S/C9H19N.C5H10.C4H6O6.Fe/c1-8(10(2)3)9-6-4-5-7-9;1-2-4-5-3-1;5-1(3(7)8)2(6)4(9)10;/h8-9H,4-7H2,1-3H3;1-5H2;1-2,5-6H,(H,7,8)(H,9,10);/t8-;;1-,2-;/m1.1./s1. The van der Waals surface area contributed by atoms with Gasteiger partial charge in [0.2, 0.25) is 0 Å². The zero-order chi connectivity index (χ0) is 19.4. The van der Waals surface area contributed by atoms with Gasteiger partial charge in [0, 0.05) is 23.1 Å². The number of nitrogens with zero attached hydrogens (tertiary/aromatic N) is 1. The van der Waals surface area contributed by atoms with E-state index in [1.165, 1.54) is 57.8 Å². The molecule has 4 N–H and O–H groups in total. The molecule has 2 aliphatic carbocycles. The minimum absolute atomic E-state index is 0. The fraction of sp³-hybridized carbons (Fsp3) is 0.889. The maximum atomic E-state index is 9.77. The fourth-order valence-electron chi connectivity index (χ4n) is 3.02. The van der Waals surface area contributed by atoms with Gasteiger partial charge in [-0.1, -0.05) is 44.9 Å². The number of aliphatic hydroxyl groups is 2. The van der Waals surface area contributed by atoms with E-state index in [1.54, 1.807) is 0 Å². The van der Waals surface area contributed by atoms with Crippen LogP contribution in [0.1, 0.15) is 64.7 Å². The first kappa shape index (κ1) is 27.6. The topological polar surface area (TPSA) is 118 Å². The molecule has 0 amide bonds. The summed E-state index contributed by atoms with van der Waals surface area (Å²) in [6.07, 6.45) is 8.81. The van der Waals surface area contributed by atoms with Crippen molar-refractivity contribution in [1.29, 1.82) is 0 Å². The van der Waals surface area contributed by atoms with E-state index >= 15 is 0 Å². The summed E-state index contributed by atoms with van der Waals surface area (Å²) in [6.45, 7) is 2.34. The van der Waals surface area contributed by atoms with Gasteiger partial charge in [-0.3, -0.25) is 0 Å². The molecule has 0 heterocycles. The number of aliphatic hydroxyl groups excluding tert-OH is 2. The molecule has 2 aliphatic rings. The molecule has 8 heteroatoms. The van der Waals surface area contributed by atoms with Crippen molar-refractivity contribution in [1.82, 2.24) is 4.90 Å². The first-order valence-corrected chi connectivity index (χ1v) is 9.16. The SMILES string of the molecule is C1CCCC1.C[C@H](C1CCCC1)N(C)C.O=C(O)[C@H](O)[C@@H](O)C(=O)O.[Fe]. The minimum Gasteiger partial charge on any atom is -0.479 e. The first-order chi connectivity index (χ1) is 11.7. The molecule has 0 unspecified atom stereocenters. The molecule has 7 nitrogen and oxygen atoms in total. The van der Waals surface area contributed by atoms with Gasteiger partial charge in [0.1, 0.15) is 0 Å². The van der Waals surface area contributed by atoms with Crippen LogP contribution in [0.4, 0.5) is 0 Å². The third kappa shape index (κ3) is 11.9. The number of aliphatic carboxylic acids is 2. The van der Waals surface area contributed by atoms with E-state index in [2.05, 4.69) is 25.9 Å². The van der Waals surface area contributed by atoms with Crippen LogP contribution in [0.2, 0.25) is 0 Å². The van der Waals surface area contributed by atoms with Crippen LogP contribution in [0, 0.1) is 5.92 Å². The zero-order valence-corrected chi connectivity index (χ0v) is 17.2. The number of carboxylic acid groups (broad SMARTS) is 2. The van der Waals surface area contributed by atoms with Crippen molar-refractivity contribution >= 4 is 11.9 Å². The molecule has 0 spiro atoms. The van der Waals surface area contributed by atoms with Crippen LogP contribution >= 0.6 is 0 Å². The normalized spacial score (nSPS) is 19.9. The number of carbonyl (C=O) groups is 2. The van der Waals surface area contributed by atoms with E-state index in [-0.39, 0.29) is 17.1 Å². The van der Waals surface area contributed by atoms with E-state index < -0.39 is 24.1 Å². The van der Waals surface area contributed by atoms with Gasteiger partial charge in [-0.25, -0.2) is 9.59 Å². The molecular weight excluding hydrogens is 382 g/mol. The molecule has 0 aromatic heterocycles. The molecule has 0 saturated heterocycles. The van der Waals surface area contributed by atoms with Crippen molar-refractivity contribution in [3.63, 3.8) is 0 Å². The number of hydrogen-bond acceptors (Lipinski definition) is 5. The summed E-state index contributed by atoms with van der Waals surface area (Å²) in [4.78, 5) is 21.9. The third-order valence-corrected chi connectivity index (χ3v) is 4.95. The van der Waals surface area contributed by atoms with E-state index in [0.717, 1.165) is 12.0 Å². The molecule has 3 atom stereocenters. The summed E-state index contributed by atoms with van der Waals surface area (Å²) in [5, 5.41) is 32.5. The van der Waals surface area contributed by atoms with E-state index in [0.29, 0.717) is 0 Å². The Bertz CT molecular complexity index is 358. The Morgan fingerprint density at radius 1 is 0.808 bits per heavy atom. The Hall–Kier alpha value is -0.661. The molecule has 156 valence electrons. The van der Waals surface area contributed by atoms with Crippen LogP contribution in [0.3, 0.4) is 0 Å². The van der Waals surface area contributed by atoms with Crippen LogP contribution in [-0.2, 0) is 26.7 Å². The van der Waals surface area contributed by atoms with Gasteiger partial charge in [0.25, 0.3) is 0 Å². The second kappa shape index (κ2) is 15.4. The van der Waals surface area contributed by atoms with Crippen LogP contribution < -0.4 is 0 Å². The number of carboxylic acids is 2. The summed E-state index contributed by atoms with van der Waals surface area (Å²) in [5.41, 5.74) is 0. The molecule has 2 saturated carbocycles. The van der Waals surface area contributed by atoms with Crippen LogP contribution in [-0.4, -0.2) is 69.6 Å². The summed E-state index contributed by atoms with van der Waals surface area (Å²) < 4.78 is 0. The van der Waals surface area contributed by atoms with Crippen molar-refractivity contribution in [3.05, 3.63) is 0 Å². The second-order valence-corrected chi connectivity index (χ2v) is 7.08. The van der Waals surface area contributed by atoms with Gasteiger partial charge in [0.15, 0.2) is 12.2 Å². The number of rotatable bonds is 5. The van der Waals surface area contributed by atoms with Gasteiger partial charge in [-0.2, -0.15) is 0 Å². The van der Waals surface area contributed by atoms with Gasteiger partial charge >= 0.3 is 11.9 Å². The molecule has 26 heavy (non-hydrogen) atoms. The van der Waals surface area contributed by atoms with Gasteiger partial charge in [-0.15, -0.1) is 0 Å². The summed E-state index contributed by atoms with van der Waals surface area (Å²) in [6, 6.07) is 0.794. The maximum Gasteiger partial charge on any atom is 0.335 e. The molecule has 2 rings (SSSR count). The molecular formula is C18H35FeNO6. The minimum atomic E-state index is -2.27. The average molecular weight is 417 g/mol. The molecule has 0 aromatic carbocycles. The predicted octanol–water partition coefficient (Wildman–Crippen LogP) is 1.95. The predicted molar refractivity (Wildman–Crippen MR) is 95.5 cm³/mol. The zero-order valence-electron chi connectivity index (χ0n) is 16.1. The quantitative estimate of drug-likeness (QED) is 0.505. The molecule has 0 aromatic rings. The second-order valence-electron chi connectivity index (χ2n) is 7.08. The van der Waals surface area contributed by atoms with Crippen molar-refractivity contribution in [2.45, 2.75) is 83.0 Å². The maximum absolute atomic E-state index is 9.77. The molecule has 0 bridgehead atoms. The monoisotopic (exact) mass is 417 g/mol. The summed E-state index contributed by atoms with van der Waals surface area (Å²) in [7, 11) is 4.37. The van der Waals surface area contributed by atoms with Crippen LogP contribution in [0.25, 0.3) is 0 Å². The van der Waals surface area contributed by atoms with Crippen molar-refractivity contribution < 1.29 is 47.1 Å². The summed E-state index contributed by atoms with van der Waals surface area (Å²) >= 11 is 0. The van der Waals surface area contributed by atoms with Crippen LogP contribution in [0.5, 0.6) is 0 Å². The Balaban J connectivity index is 0. The Kier molecular flexibility index (Phi) is 16.3. The van der Waals surface area contributed by atoms with Gasteiger partial charge in [-0.05, 0) is 39.8 Å². The third-order valence-electron chi connectivity index (χ3n) is 4.95. The fourth-order valence-corrected chi connectivity index (χ4v) is 3.02. The van der Waals surface area contributed by atoms with E-state index in [4.69, 9.17) is 20.4 Å². The first-order valence-electron chi connectivity index (χ1n) is 9.16. The van der Waals surface area contributed by atoms with Crippen LogP contribution in [0.15, 0.2) is 0 Å². The largest absolute Gasteiger partial charge is 0.479 e. The van der Waals surface area contributed by atoms with E-state index in [9.17, 15) is 9.59 Å². The molecule has 0 aliphatic heterocycles. The molecule has 2 fully saturated rings. The number of hydrogen-bond donors (Lipinski definition) is 4. The van der Waals surface area contributed by atoms with Crippen molar-refractivity contribution in [3.8, 4) is 0 Å². The van der Waals surface area contributed by atoms with Crippen molar-refractivity contribution in [2.75, 3.05) is 14.1 Å². The Morgan fingerprint density at radius 2 is 1.12 bits per heavy atom. The van der Waals surface area contributed by atoms with Crippen molar-refractivity contribution in [2.24, 2.45) is 5.92 Å². The Labute approximate surface area is 167 Å². The summed E-state index contributed by atoms with van der Waals surface area (Å²) in [5.74, 6) is -2.56. The Morgan fingerprint density at radius 3 is 1.35 bits per heavy atom. The molecule has 0 radical (unpaired) electrons. The van der Waals surface area contributed by atoms with Gasteiger partial charge in [0.05, 0.1) is 0 Å². The smallest absolute Gasteiger partial charge is 0.335 e.